The van der Waals surface area contributed by atoms with Crippen molar-refractivity contribution in [3.05, 3.63) is 108 Å². The Balaban J connectivity index is 1.36. The first-order chi connectivity index (χ1) is 17.6. The van der Waals surface area contributed by atoms with Crippen LogP contribution in [-0.4, -0.2) is 39.8 Å². The Kier molecular flexibility index (Phi) is 5.41. The van der Waals surface area contributed by atoms with Crippen molar-refractivity contribution >= 4 is 39.6 Å². The van der Waals surface area contributed by atoms with Gasteiger partial charge in [0.25, 0.3) is 5.91 Å². The highest BCUT2D eigenvalue weighted by atomic mass is 16.5. The van der Waals surface area contributed by atoms with Crippen LogP contribution < -0.4 is 4.74 Å². The van der Waals surface area contributed by atoms with Crippen LogP contribution in [0.3, 0.4) is 0 Å². The fraction of sp³-hybridized carbons (Fsp3) is 0.133. The molecule has 0 unspecified atom stereocenters. The number of aromatic nitrogens is 2. The van der Waals surface area contributed by atoms with Gasteiger partial charge in [0.2, 0.25) is 0 Å². The number of aliphatic imine (C=N–C) groups is 1. The molecule has 1 aliphatic rings. The van der Waals surface area contributed by atoms with Gasteiger partial charge in [0, 0.05) is 58.9 Å². The van der Waals surface area contributed by atoms with Crippen molar-refractivity contribution in [2.24, 2.45) is 12.0 Å². The lowest BCUT2D eigenvalue weighted by Crippen LogP contribution is -2.34. The maximum atomic E-state index is 13.7. The summed E-state index contributed by atoms with van der Waals surface area (Å²) in [6, 6.07) is 24.1. The fourth-order valence-corrected chi connectivity index (χ4v) is 4.92. The molecule has 6 nitrogen and oxygen atoms in total. The van der Waals surface area contributed by atoms with Crippen molar-refractivity contribution in [3.63, 3.8) is 0 Å². The van der Waals surface area contributed by atoms with Gasteiger partial charge in [-0.25, -0.2) is 4.99 Å². The lowest BCUT2D eigenvalue weighted by Gasteiger charge is -2.18. The molecule has 0 radical (unpaired) electrons. The maximum Gasteiger partial charge on any atom is 0.278 e. The summed E-state index contributed by atoms with van der Waals surface area (Å²) in [6.45, 7) is 0.517. The van der Waals surface area contributed by atoms with Gasteiger partial charge in [-0.15, -0.1) is 0 Å². The Morgan fingerprint density at radius 3 is 2.64 bits per heavy atom. The highest BCUT2D eigenvalue weighted by molar-refractivity contribution is 6.20. The van der Waals surface area contributed by atoms with Crippen molar-refractivity contribution in [3.8, 4) is 5.75 Å². The summed E-state index contributed by atoms with van der Waals surface area (Å²) in [4.78, 5) is 23.6. The van der Waals surface area contributed by atoms with E-state index in [0.29, 0.717) is 24.5 Å². The van der Waals surface area contributed by atoms with Crippen LogP contribution in [0.1, 0.15) is 16.7 Å². The van der Waals surface area contributed by atoms with Crippen molar-refractivity contribution in [1.82, 2.24) is 14.5 Å². The maximum absolute atomic E-state index is 13.7. The number of benzene rings is 3. The molecule has 6 heteroatoms. The first-order valence-corrected chi connectivity index (χ1v) is 12.0. The number of carbonyl (C=O) groups excluding carboxylic acids is 1. The third-order valence-corrected chi connectivity index (χ3v) is 6.78. The van der Waals surface area contributed by atoms with E-state index in [2.05, 4.69) is 21.7 Å². The molecule has 0 atom stereocenters. The van der Waals surface area contributed by atoms with Crippen LogP contribution in [0.15, 0.2) is 95.9 Å². The molecule has 1 aliphatic heterocycles. The number of fused-ring (bicyclic) bond motifs is 2. The largest absolute Gasteiger partial charge is 0.497 e. The summed E-state index contributed by atoms with van der Waals surface area (Å²) < 4.78 is 7.49. The topological polar surface area (TPSA) is 62.6 Å². The van der Waals surface area contributed by atoms with Crippen LogP contribution in [-0.2, 0) is 18.3 Å². The molecule has 178 valence electrons. The number of hydrogen-bond donors (Lipinski definition) is 1. The normalized spacial score (nSPS) is 14.8. The van der Waals surface area contributed by atoms with Gasteiger partial charge in [0.05, 0.1) is 7.11 Å². The lowest BCUT2D eigenvalue weighted by molar-refractivity contribution is -0.122. The first kappa shape index (κ1) is 21.9. The molecule has 36 heavy (non-hydrogen) atoms. The molecular formula is C30H26N4O2. The number of H-pyrrole nitrogens is 1. The average Bonchev–Trinajstić information content (AvgIpc) is 3.57. The molecule has 0 saturated heterocycles. The van der Waals surface area contributed by atoms with Crippen LogP contribution in [0, 0.1) is 0 Å². The van der Waals surface area contributed by atoms with Gasteiger partial charge in [-0.3, -0.25) is 9.69 Å². The smallest absolute Gasteiger partial charge is 0.278 e. The number of hydrogen-bond acceptors (Lipinski definition) is 3. The van der Waals surface area contributed by atoms with E-state index in [1.54, 1.807) is 12.0 Å². The molecule has 0 saturated carbocycles. The van der Waals surface area contributed by atoms with Gasteiger partial charge in [0.15, 0.2) is 0 Å². The highest BCUT2D eigenvalue weighted by Crippen LogP contribution is 2.28. The van der Waals surface area contributed by atoms with Crippen LogP contribution in [0.5, 0.6) is 5.75 Å². The number of aryl methyl sites for hydroxylation is 1. The molecule has 0 spiro atoms. The van der Waals surface area contributed by atoms with E-state index in [9.17, 15) is 4.79 Å². The second kappa shape index (κ2) is 8.89. The van der Waals surface area contributed by atoms with E-state index in [1.165, 1.54) is 0 Å². The zero-order valence-electron chi connectivity index (χ0n) is 20.2. The third kappa shape index (κ3) is 3.77. The number of amidine groups is 1. The molecule has 0 bridgehead atoms. The molecule has 3 aromatic carbocycles. The predicted octanol–water partition coefficient (Wildman–Crippen LogP) is 5.54. The number of nitrogens with one attached hydrogen (secondary N) is 1. The van der Waals surface area contributed by atoms with Gasteiger partial charge >= 0.3 is 0 Å². The van der Waals surface area contributed by atoms with E-state index in [-0.39, 0.29) is 5.91 Å². The van der Waals surface area contributed by atoms with Gasteiger partial charge in [-0.1, -0.05) is 48.5 Å². The van der Waals surface area contributed by atoms with Crippen LogP contribution in [0.4, 0.5) is 0 Å². The quantitative estimate of drug-likeness (QED) is 0.329. The summed E-state index contributed by atoms with van der Waals surface area (Å²) in [5.41, 5.74) is 5.66. The first-order valence-electron chi connectivity index (χ1n) is 12.0. The molecule has 1 amide bonds. The van der Waals surface area contributed by atoms with E-state index in [4.69, 9.17) is 9.73 Å². The Morgan fingerprint density at radius 1 is 1.00 bits per heavy atom. The molecule has 1 N–H and O–H groups in total. The van der Waals surface area contributed by atoms with Gasteiger partial charge < -0.3 is 14.3 Å². The van der Waals surface area contributed by atoms with Gasteiger partial charge in [0.1, 0.15) is 17.3 Å². The van der Waals surface area contributed by atoms with Crippen molar-refractivity contribution in [2.45, 2.75) is 6.42 Å². The number of aromatic amines is 1. The zero-order chi connectivity index (χ0) is 24.6. The Hall–Kier alpha value is -4.58. The molecule has 2 aromatic heterocycles. The Labute approximate surface area is 209 Å². The third-order valence-electron chi connectivity index (χ3n) is 6.78. The SMILES string of the molecule is COc1ccc2[nH]cc(CCN3C(=O)C(=Cc4cn(C)c5ccccc45)N=C3c3ccccc3)c2c1. The van der Waals surface area contributed by atoms with Crippen molar-refractivity contribution in [1.29, 1.82) is 0 Å². The molecule has 0 aliphatic carbocycles. The Morgan fingerprint density at radius 2 is 1.81 bits per heavy atom. The molecule has 3 heterocycles. The molecule has 5 aromatic rings. The predicted molar refractivity (Wildman–Crippen MR) is 144 cm³/mol. The summed E-state index contributed by atoms with van der Waals surface area (Å²) in [6.07, 6.45) is 6.65. The number of para-hydroxylation sites is 1. The van der Waals surface area contributed by atoms with Gasteiger partial charge in [-0.05, 0) is 42.3 Å². The summed E-state index contributed by atoms with van der Waals surface area (Å²) >= 11 is 0. The highest BCUT2D eigenvalue weighted by Gasteiger charge is 2.31. The summed E-state index contributed by atoms with van der Waals surface area (Å²) in [5, 5.41) is 2.20. The minimum absolute atomic E-state index is 0.0841. The van der Waals surface area contributed by atoms with E-state index in [0.717, 1.165) is 44.2 Å². The number of rotatable bonds is 6. The van der Waals surface area contributed by atoms with E-state index < -0.39 is 0 Å². The minimum Gasteiger partial charge on any atom is -0.497 e. The molecule has 6 rings (SSSR count). The second-order valence-electron chi connectivity index (χ2n) is 8.98. The number of nitrogens with zero attached hydrogens (tertiary/aromatic N) is 3. The molecule has 0 fully saturated rings. The number of methoxy groups -OCH3 is 1. The minimum atomic E-state index is -0.0841. The molecular weight excluding hydrogens is 448 g/mol. The monoisotopic (exact) mass is 474 g/mol. The fourth-order valence-electron chi connectivity index (χ4n) is 4.92. The van der Waals surface area contributed by atoms with E-state index in [1.807, 2.05) is 86.2 Å². The van der Waals surface area contributed by atoms with Crippen LogP contribution in [0.25, 0.3) is 27.9 Å². The van der Waals surface area contributed by atoms with Gasteiger partial charge in [-0.2, -0.15) is 0 Å². The lowest BCUT2D eigenvalue weighted by atomic mass is 10.1. The second-order valence-corrected chi connectivity index (χ2v) is 8.98. The van der Waals surface area contributed by atoms with Crippen molar-refractivity contribution < 1.29 is 9.53 Å². The van der Waals surface area contributed by atoms with Crippen LogP contribution in [0.2, 0.25) is 0 Å². The number of ether oxygens (including phenoxy) is 1. The van der Waals surface area contributed by atoms with E-state index >= 15 is 0 Å². The van der Waals surface area contributed by atoms with Crippen LogP contribution >= 0.6 is 0 Å². The number of amides is 1. The standard InChI is InChI=1S/C30H26N4O2/c1-33-19-22(24-10-6-7-11-28(24)33)16-27-30(35)34(29(32-27)20-8-4-3-5-9-20)15-14-21-18-31-26-13-12-23(36-2)17-25(21)26/h3-13,16-19,31H,14-15H2,1-2H3. The summed E-state index contributed by atoms with van der Waals surface area (Å²) in [7, 11) is 3.69. The zero-order valence-corrected chi connectivity index (χ0v) is 20.2. The summed E-state index contributed by atoms with van der Waals surface area (Å²) in [5.74, 6) is 1.41. The van der Waals surface area contributed by atoms with Crippen molar-refractivity contribution in [2.75, 3.05) is 13.7 Å². The Bertz CT molecular complexity index is 1660. The average molecular weight is 475 g/mol. The number of carbonyl (C=O) groups is 1.